The van der Waals surface area contributed by atoms with Crippen molar-refractivity contribution in [2.24, 2.45) is 0 Å². The number of anilines is 2. The highest BCUT2D eigenvalue weighted by molar-refractivity contribution is 7.90. The number of likely N-dealkylation sites (N-methyl/N-ethyl adjacent to an activating group) is 1. The molecule has 21 heavy (non-hydrogen) atoms. The molecule has 0 bridgehead atoms. The molecule has 0 aromatic heterocycles. The molecule has 0 aliphatic heterocycles. The number of carbonyl (C=O) groups excluding carboxylic acids is 1. The highest BCUT2D eigenvalue weighted by Gasteiger charge is 2.12. The lowest BCUT2D eigenvalue weighted by molar-refractivity contribution is -0.117. The molecule has 0 atom stereocenters. The van der Waals surface area contributed by atoms with Crippen LogP contribution in [0.15, 0.2) is 18.2 Å². The molecule has 0 radical (unpaired) electrons. The Balaban J connectivity index is 2.59. The van der Waals surface area contributed by atoms with Crippen molar-refractivity contribution in [3.63, 3.8) is 0 Å². The van der Waals surface area contributed by atoms with E-state index in [1.165, 1.54) is 13.4 Å². The number of carbonyl (C=O) groups is 1. The summed E-state index contributed by atoms with van der Waals surface area (Å²) in [5, 5.41) is 2.70. The van der Waals surface area contributed by atoms with Crippen molar-refractivity contribution in [2.45, 2.75) is 0 Å². The van der Waals surface area contributed by atoms with Gasteiger partial charge in [0.05, 0.1) is 25.1 Å². The first-order valence-electron chi connectivity index (χ1n) is 6.31. The van der Waals surface area contributed by atoms with Crippen LogP contribution in [0.25, 0.3) is 0 Å². The third-order valence-electron chi connectivity index (χ3n) is 2.75. The number of hydrogen-bond acceptors (Lipinski definition) is 6. The van der Waals surface area contributed by atoms with E-state index < -0.39 is 9.84 Å². The molecule has 7 nitrogen and oxygen atoms in total. The fourth-order valence-electron chi connectivity index (χ4n) is 1.66. The summed E-state index contributed by atoms with van der Waals surface area (Å²) in [6, 6.07) is 4.94. The summed E-state index contributed by atoms with van der Waals surface area (Å²) in [5.41, 5.74) is 6.67. The number of sulfone groups is 1. The van der Waals surface area contributed by atoms with Gasteiger partial charge in [0.2, 0.25) is 5.91 Å². The molecule has 0 heterocycles. The monoisotopic (exact) mass is 315 g/mol. The molecule has 0 unspecified atom stereocenters. The SMILES string of the molecule is COc1ccc(N)cc1NC(=O)CN(C)CCS(C)(=O)=O. The molecule has 3 N–H and O–H groups in total. The number of nitrogens with two attached hydrogens (primary N) is 1. The Bertz CT molecular complexity index is 601. The molecule has 0 fully saturated rings. The minimum atomic E-state index is -3.04. The van der Waals surface area contributed by atoms with Crippen LogP contribution < -0.4 is 15.8 Å². The molecule has 0 saturated carbocycles. The number of nitrogens with zero attached hydrogens (tertiary/aromatic N) is 1. The number of ether oxygens (including phenoxy) is 1. The van der Waals surface area contributed by atoms with Crippen LogP contribution in [-0.4, -0.2) is 58.5 Å². The Morgan fingerprint density at radius 1 is 1.43 bits per heavy atom. The number of rotatable bonds is 7. The van der Waals surface area contributed by atoms with Gasteiger partial charge < -0.3 is 15.8 Å². The van der Waals surface area contributed by atoms with Crippen LogP contribution in [0.5, 0.6) is 5.75 Å². The predicted octanol–water partition coefficient (Wildman–Crippen LogP) is 0.192. The van der Waals surface area contributed by atoms with Gasteiger partial charge in [-0.3, -0.25) is 9.69 Å². The maximum atomic E-state index is 11.9. The number of hydrogen-bond donors (Lipinski definition) is 2. The molecule has 0 spiro atoms. The summed E-state index contributed by atoms with van der Waals surface area (Å²) < 4.78 is 27.3. The van der Waals surface area contributed by atoms with Gasteiger partial charge in [-0.25, -0.2) is 8.42 Å². The van der Waals surface area contributed by atoms with E-state index >= 15 is 0 Å². The maximum absolute atomic E-state index is 11.9. The van der Waals surface area contributed by atoms with Crippen LogP contribution in [0.1, 0.15) is 0 Å². The highest BCUT2D eigenvalue weighted by atomic mass is 32.2. The zero-order chi connectivity index (χ0) is 16.0. The van der Waals surface area contributed by atoms with Gasteiger partial charge in [-0.1, -0.05) is 0 Å². The summed E-state index contributed by atoms with van der Waals surface area (Å²) >= 11 is 0. The van der Waals surface area contributed by atoms with Crippen LogP contribution in [0, 0.1) is 0 Å². The average molecular weight is 315 g/mol. The molecule has 1 aromatic carbocycles. The van der Waals surface area contributed by atoms with Crippen molar-refractivity contribution in [1.29, 1.82) is 0 Å². The van der Waals surface area contributed by atoms with E-state index in [0.29, 0.717) is 23.7 Å². The molecule has 0 aliphatic carbocycles. The highest BCUT2D eigenvalue weighted by Crippen LogP contribution is 2.26. The van der Waals surface area contributed by atoms with E-state index in [9.17, 15) is 13.2 Å². The van der Waals surface area contributed by atoms with Crippen LogP contribution in [-0.2, 0) is 14.6 Å². The Kier molecular flexibility index (Phi) is 5.98. The predicted molar refractivity (Wildman–Crippen MR) is 83.2 cm³/mol. The van der Waals surface area contributed by atoms with Gasteiger partial charge in [-0.05, 0) is 25.2 Å². The molecule has 118 valence electrons. The van der Waals surface area contributed by atoms with Crippen molar-refractivity contribution in [2.75, 3.05) is 50.3 Å². The number of nitrogen functional groups attached to an aromatic ring is 1. The molecule has 0 saturated heterocycles. The lowest BCUT2D eigenvalue weighted by Gasteiger charge is -2.16. The Morgan fingerprint density at radius 3 is 2.67 bits per heavy atom. The summed E-state index contributed by atoms with van der Waals surface area (Å²) in [6.45, 7) is 0.369. The molecular formula is C13H21N3O4S. The topological polar surface area (TPSA) is 102 Å². The quantitative estimate of drug-likeness (QED) is 0.697. The van der Waals surface area contributed by atoms with Crippen molar-refractivity contribution in [3.8, 4) is 5.75 Å². The minimum absolute atomic E-state index is 0.0123. The lowest BCUT2D eigenvalue weighted by atomic mass is 10.2. The Morgan fingerprint density at radius 2 is 2.10 bits per heavy atom. The van der Waals surface area contributed by atoms with E-state index in [1.807, 2.05) is 0 Å². The molecule has 8 heteroatoms. The summed E-state index contributed by atoms with van der Waals surface area (Å²) in [7, 11) is 0.141. The number of nitrogens with one attached hydrogen (secondary N) is 1. The average Bonchev–Trinajstić information content (AvgIpc) is 2.35. The van der Waals surface area contributed by atoms with Gasteiger partial charge in [0.15, 0.2) is 0 Å². The fourth-order valence-corrected chi connectivity index (χ4v) is 2.30. The second kappa shape index (κ2) is 7.28. The van der Waals surface area contributed by atoms with Crippen LogP contribution in [0.2, 0.25) is 0 Å². The molecule has 1 aromatic rings. The van der Waals surface area contributed by atoms with E-state index in [2.05, 4.69) is 5.32 Å². The molecule has 1 amide bonds. The minimum Gasteiger partial charge on any atom is -0.495 e. The number of benzene rings is 1. The molecular weight excluding hydrogens is 294 g/mol. The molecule has 0 aliphatic rings. The van der Waals surface area contributed by atoms with E-state index in [4.69, 9.17) is 10.5 Å². The zero-order valence-electron chi connectivity index (χ0n) is 12.4. The van der Waals surface area contributed by atoms with Crippen LogP contribution in [0.4, 0.5) is 11.4 Å². The summed E-state index contributed by atoms with van der Waals surface area (Å²) in [4.78, 5) is 13.6. The molecule has 1 rings (SSSR count). The van der Waals surface area contributed by atoms with Crippen molar-refractivity contribution >= 4 is 27.1 Å². The van der Waals surface area contributed by atoms with Gasteiger partial charge in [-0.2, -0.15) is 0 Å². The first-order chi connectivity index (χ1) is 9.71. The Hall–Kier alpha value is -1.80. The van der Waals surface area contributed by atoms with Crippen LogP contribution in [0.3, 0.4) is 0 Å². The van der Waals surface area contributed by atoms with Gasteiger partial charge in [0.25, 0.3) is 0 Å². The number of methoxy groups -OCH3 is 1. The fraction of sp³-hybridized carbons (Fsp3) is 0.462. The van der Waals surface area contributed by atoms with Crippen molar-refractivity contribution in [3.05, 3.63) is 18.2 Å². The first-order valence-corrected chi connectivity index (χ1v) is 8.37. The standard InChI is InChI=1S/C13H21N3O4S/c1-16(6-7-21(3,18)19)9-13(17)15-11-8-10(14)4-5-12(11)20-2/h4-5,8H,6-7,9,14H2,1-3H3,(H,15,17). The lowest BCUT2D eigenvalue weighted by Crippen LogP contribution is -2.33. The van der Waals surface area contributed by atoms with Crippen molar-refractivity contribution < 1.29 is 17.9 Å². The van der Waals surface area contributed by atoms with E-state index in [1.54, 1.807) is 30.1 Å². The van der Waals surface area contributed by atoms with Gasteiger partial charge in [0.1, 0.15) is 15.6 Å². The van der Waals surface area contributed by atoms with Crippen LogP contribution >= 0.6 is 0 Å². The number of amides is 1. The normalized spacial score (nSPS) is 11.4. The van der Waals surface area contributed by atoms with E-state index in [-0.39, 0.29) is 18.2 Å². The van der Waals surface area contributed by atoms with Crippen molar-refractivity contribution in [1.82, 2.24) is 4.90 Å². The van der Waals surface area contributed by atoms with Gasteiger partial charge in [-0.15, -0.1) is 0 Å². The van der Waals surface area contributed by atoms with E-state index in [0.717, 1.165) is 0 Å². The zero-order valence-corrected chi connectivity index (χ0v) is 13.2. The summed E-state index contributed by atoms with van der Waals surface area (Å²) in [6.07, 6.45) is 1.17. The third kappa shape index (κ3) is 6.46. The van der Waals surface area contributed by atoms with Gasteiger partial charge >= 0.3 is 0 Å². The maximum Gasteiger partial charge on any atom is 0.238 e. The first kappa shape index (κ1) is 17.3. The second-order valence-electron chi connectivity index (χ2n) is 4.88. The Labute approximate surface area is 125 Å². The summed E-state index contributed by atoms with van der Waals surface area (Å²) in [5.74, 6) is 0.254. The largest absolute Gasteiger partial charge is 0.495 e. The van der Waals surface area contributed by atoms with Gasteiger partial charge in [0, 0.05) is 18.5 Å². The second-order valence-corrected chi connectivity index (χ2v) is 7.14. The smallest absolute Gasteiger partial charge is 0.238 e. The third-order valence-corrected chi connectivity index (χ3v) is 3.68.